The standard InChI is InChI=1S/C29H28ClFN4O4/c1-28(38)15-34(16-29(28)6-7-29)24-11-18(14-32-26(24)39-3)21-13-19(31)12-20(25(21)36)17-4-5-23(22(30)10-17)35-9-8-33(2)27(35)37/h4-5,8-14,36,38H,6-7,15-16H2,1-3H3/t28-/m1/s1. The Balaban J connectivity index is 1.41. The number of imidazole rings is 1. The van der Waals surface area contributed by atoms with Crippen molar-refractivity contribution in [1.82, 2.24) is 14.1 Å². The third-order valence-electron chi connectivity index (χ3n) is 8.21. The highest BCUT2D eigenvalue weighted by atomic mass is 35.5. The molecule has 2 fully saturated rings. The maximum Gasteiger partial charge on any atom is 0.332 e. The van der Waals surface area contributed by atoms with Gasteiger partial charge in [0.25, 0.3) is 0 Å². The van der Waals surface area contributed by atoms with Crippen molar-refractivity contribution in [2.75, 3.05) is 25.1 Å². The number of aryl methyl sites for hydroxylation is 1. The lowest BCUT2D eigenvalue weighted by Crippen LogP contribution is -2.35. The zero-order valence-electron chi connectivity index (χ0n) is 21.8. The van der Waals surface area contributed by atoms with Crippen molar-refractivity contribution < 1.29 is 19.3 Å². The van der Waals surface area contributed by atoms with E-state index in [9.17, 15) is 19.4 Å². The molecular weight excluding hydrogens is 523 g/mol. The number of hydrogen-bond donors (Lipinski definition) is 2. The highest BCUT2D eigenvalue weighted by molar-refractivity contribution is 6.32. The number of rotatable bonds is 5. The highest BCUT2D eigenvalue weighted by Gasteiger charge is 2.61. The molecule has 0 bridgehead atoms. The van der Waals surface area contributed by atoms with Gasteiger partial charge in [0, 0.05) is 60.8 Å². The number of methoxy groups -OCH3 is 1. The van der Waals surface area contributed by atoms with Gasteiger partial charge in [-0.05, 0) is 55.7 Å². The van der Waals surface area contributed by atoms with Crippen LogP contribution in [-0.2, 0) is 7.05 Å². The Morgan fingerprint density at radius 3 is 2.36 bits per heavy atom. The van der Waals surface area contributed by atoms with E-state index in [-0.39, 0.29) is 33.0 Å². The summed E-state index contributed by atoms with van der Waals surface area (Å²) in [6.07, 6.45) is 6.68. The van der Waals surface area contributed by atoms with Crippen molar-refractivity contribution in [3.63, 3.8) is 0 Å². The first-order valence-corrected chi connectivity index (χ1v) is 13.0. The van der Waals surface area contributed by atoms with Gasteiger partial charge in [-0.1, -0.05) is 17.7 Å². The van der Waals surface area contributed by atoms with E-state index >= 15 is 0 Å². The maximum absolute atomic E-state index is 15.0. The molecule has 2 aromatic heterocycles. The van der Waals surface area contributed by atoms with Crippen LogP contribution in [0, 0.1) is 11.2 Å². The molecule has 1 saturated carbocycles. The average molecular weight is 551 g/mol. The summed E-state index contributed by atoms with van der Waals surface area (Å²) in [4.78, 5) is 18.9. The molecule has 1 spiro atoms. The number of phenolic OH excluding ortho intramolecular Hbond substituents is 1. The van der Waals surface area contributed by atoms with Crippen LogP contribution in [0.15, 0.2) is 59.8 Å². The van der Waals surface area contributed by atoms with E-state index in [2.05, 4.69) is 4.98 Å². The number of halogens is 2. The van der Waals surface area contributed by atoms with Gasteiger partial charge in [-0.15, -0.1) is 0 Å². The van der Waals surface area contributed by atoms with E-state index in [4.69, 9.17) is 16.3 Å². The number of hydrogen-bond acceptors (Lipinski definition) is 6. The molecule has 1 atom stereocenters. The zero-order chi connectivity index (χ0) is 27.7. The minimum absolute atomic E-state index is 0.137. The normalized spacial score (nSPS) is 19.6. The number of aliphatic hydroxyl groups is 1. The number of benzene rings is 2. The zero-order valence-corrected chi connectivity index (χ0v) is 22.5. The number of pyridine rings is 1. The van der Waals surface area contributed by atoms with Gasteiger partial charge in [0.05, 0.1) is 23.4 Å². The van der Waals surface area contributed by atoms with Crippen LogP contribution in [0.5, 0.6) is 11.6 Å². The summed E-state index contributed by atoms with van der Waals surface area (Å²) in [5.74, 6) is -0.292. The number of ether oxygens (including phenoxy) is 1. The number of β-amino-alcohol motifs (C(OH)–C–C–N with tert-alkyl or cyclic N) is 1. The van der Waals surface area contributed by atoms with Gasteiger partial charge < -0.3 is 24.4 Å². The molecule has 0 amide bonds. The minimum Gasteiger partial charge on any atom is -0.507 e. The van der Waals surface area contributed by atoms with Crippen molar-refractivity contribution in [3.8, 4) is 39.6 Å². The summed E-state index contributed by atoms with van der Waals surface area (Å²) in [6.45, 7) is 2.94. The molecule has 39 heavy (non-hydrogen) atoms. The average Bonchev–Trinajstić information content (AvgIpc) is 3.56. The van der Waals surface area contributed by atoms with Crippen molar-refractivity contribution in [1.29, 1.82) is 0 Å². The molecule has 0 radical (unpaired) electrons. The number of phenols is 1. The monoisotopic (exact) mass is 550 g/mol. The number of aromatic hydroxyl groups is 1. The third-order valence-corrected chi connectivity index (χ3v) is 8.51. The van der Waals surface area contributed by atoms with Crippen molar-refractivity contribution in [2.45, 2.75) is 25.4 Å². The van der Waals surface area contributed by atoms with Gasteiger partial charge in [-0.3, -0.25) is 4.57 Å². The molecule has 0 unspecified atom stereocenters. The van der Waals surface area contributed by atoms with Crippen LogP contribution in [0.2, 0.25) is 5.02 Å². The lowest BCUT2D eigenvalue weighted by Gasteiger charge is -2.24. The molecule has 8 nitrogen and oxygen atoms in total. The Hall–Kier alpha value is -3.82. The van der Waals surface area contributed by atoms with E-state index in [1.807, 2.05) is 11.8 Å². The molecule has 2 aromatic carbocycles. The molecule has 1 aliphatic carbocycles. The van der Waals surface area contributed by atoms with E-state index in [0.29, 0.717) is 41.5 Å². The Bertz CT molecular complexity index is 1670. The van der Waals surface area contributed by atoms with Gasteiger partial charge in [0.15, 0.2) is 0 Å². The lowest BCUT2D eigenvalue weighted by atomic mass is 9.90. The van der Waals surface area contributed by atoms with E-state index in [1.165, 1.54) is 34.6 Å². The third kappa shape index (κ3) is 4.08. The smallest absolute Gasteiger partial charge is 0.332 e. The van der Waals surface area contributed by atoms with Crippen molar-refractivity contribution in [3.05, 3.63) is 76.3 Å². The van der Waals surface area contributed by atoms with Crippen molar-refractivity contribution >= 4 is 17.3 Å². The molecule has 2 N–H and O–H groups in total. The molecule has 2 aliphatic rings. The molecule has 10 heteroatoms. The molecular formula is C29H28ClFN4O4. The Morgan fingerprint density at radius 2 is 1.77 bits per heavy atom. The number of aromatic nitrogens is 3. The van der Waals surface area contributed by atoms with Gasteiger partial charge >= 0.3 is 5.69 Å². The fourth-order valence-corrected chi connectivity index (χ4v) is 5.95. The summed E-state index contributed by atoms with van der Waals surface area (Å²) in [7, 11) is 3.17. The van der Waals surface area contributed by atoms with Crippen LogP contribution < -0.4 is 15.3 Å². The van der Waals surface area contributed by atoms with Gasteiger partial charge in [0.1, 0.15) is 17.3 Å². The fourth-order valence-electron chi connectivity index (χ4n) is 5.68. The Labute approximate surface area is 229 Å². The summed E-state index contributed by atoms with van der Waals surface area (Å²) >= 11 is 6.53. The summed E-state index contributed by atoms with van der Waals surface area (Å²) in [5.41, 5.74) is 1.40. The number of nitrogens with zero attached hydrogens (tertiary/aromatic N) is 4. The van der Waals surface area contributed by atoms with Crippen LogP contribution in [0.4, 0.5) is 10.1 Å². The molecule has 3 heterocycles. The highest BCUT2D eigenvalue weighted by Crippen LogP contribution is 2.59. The SMILES string of the molecule is COc1ncc(-c2cc(F)cc(-c3ccc(-n4ccn(C)c4=O)c(Cl)c3)c2O)cc1N1CC2(CC2)[C@](C)(O)C1. The molecule has 1 saturated heterocycles. The van der Waals surface area contributed by atoms with E-state index < -0.39 is 11.4 Å². The van der Waals surface area contributed by atoms with Gasteiger partial charge in [-0.25, -0.2) is 14.2 Å². The molecule has 6 rings (SSSR count). The van der Waals surface area contributed by atoms with Crippen molar-refractivity contribution in [2.24, 2.45) is 12.5 Å². The van der Waals surface area contributed by atoms with Gasteiger partial charge in [0.2, 0.25) is 5.88 Å². The maximum atomic E-state index is 15.0. The van der Waals surface area contributed by atoms with Crippen LogP contribution in [0.25, 0.3) is 27.9 Å². The second-order valence-corrected chi connectivity index (χ2v) is 11.1. The lowest BCUT2D eigenvalue weighted by molar-refractivity contribution is 0.0244. The topological polar surface area (TPSA) is 92.8 Å². The first-order valence-electron chi connectivity index (χ1n) is 12.6. The quantitative estimate of drug-likeness (QED) is 0.372. The number of anilines is 1. The van der Waals surface area contributed by atoms with E-state index in [1.54, 1.807) is 43.7 Å². The molecule has 202 valence electrons. The van der Waals surface area contributed by atoms with Crippen LogP contribution in [0.1, 0.15) is 19.8 Å². The molecule has 1 aliphatic heterocycles. The van der Waals surface area contributed by atoms with Crippen LogP contribution in [-0.4, -0.2) is 50.1 Å². The predicted molar refractivity (Wildman–Crippen MR) is 147 cm³/mol. The minimum atomic E-state index is -0.835. The Morgan fingerprint density at radius 1 is 1.05 bits per heavy atom. The summed E-state index contributed by atoms with van der Waals surface area (Å²) < 4.78 is 23.3. The first-order chi connectivity index (χ1) is 18.5. The second kappa shape index (κ2) is 8.86. The first kappa shape index (κ1) is 25.5. The van der Waals surface area contributed by atoms with E-state index in [0.717, 1.165) is 12.8 Å². The van der Waals surface area contributed by atoms with Crippen LogP contribution in [0.3, 0.4) is 0 Å². The largest absolute Gasteiger partial charge is 0.507 e. The summed E-state index contributed by atoms with van der Waals surface area (Å²) in [6, 6.07) is 9.23. The van der Waals surface area contributed by atoms with Crippen LogP contribution >= 0.6 is 11.6 Å². The predicted octanol–water partition coefficient (Wildman–Crippen LogP) is 4.76. The van der Waals surface area contributed by atoms with Gasteiger partial charge in [-0.2, -0.15) is 0 Å². The summed E-state index contributed by atoms with van der Waals surface area (Å²) in [5, 5.41) is 22.6. The molecule has 4 aromatic rings. The Kier molecular flexibility index (Phi) is 5.78. The second-order valence-electron chi connectivity index (χ2n) is 10.7. The fraction of sp³-hybridized carbons (Fsp3) is 0.310.